The van der Waals surface area contributed by atoms with E-state index in [4.69, 9.17) is 5.11 Å². The number of methoxy groups -OCH3 is 1. The van der Waals surface area contributed by atoms with Crippen molar-refractivity contribution in [1.82, 2.24) is 4.98 Å². The molecule has 0 radical (unpaired) electrons. The van der Waals surface area contributed by atoms with Crippen LogP contribution in [0.4, 0.5) is 13.2 Å². The van der Waals surface area contributed by atoms with Crippen molar-refractivity contribution in [2.75, 3.05) is 7.11 Å². The summed E-state index contributed by atoms with van der Waals surface area (Å²) in [4.78, 5) is 14.4. The average Bonchev–Trinajstić information content (AvgIpc) is 2.26. The van der Waals surface area contributed by atoms with Crippen molar-refractivity contribution in [3.63, 3.8) is 0 Å². The SMILES string of the molecule is COC(=O)c1cncc(C(O)C(F)(F)F)c1. The number of pyridine rings is 1. The first-order chi connectivity index (χ1) is 7.36. The fourth-order valence-corrected chi connectivity index (χ4v) is 1.03. The van der Waals surface area contributed by atoms with Gasteiger partial charge in [0.1, 0.15) is 0 Å². The van der Waals surface area contributed by atoms with E-state index in [9.17, 15) is 18.0 Å². The molecule has 0 saturated carbocycles. The number of carbonyl (C=O) groups excluding carboxylic acids is 1. The second-order valence-corrected chi connectivity index (χ2v) is 2.94. The van der Waals surface area contributed by atoms with Crippen molar-refractivity contribution in [2.24, 2.45) is 0 Å². The standard InChI is InChI=1S/C9H8F3NO3/c1-16-8(15)6-2-5(3-13-4-6)7(14)9(10,11)12/h2-4,7,14H,1H3. The molecule has 88 valence electrons. The maximum absolute atomic E-state index is 12.2. The van der Waals surface area contributed by atoms with Crippen molar-refractivity contribution in [3.05, 3.63) is 29.6 Å². The summed E-state index contributed by atoms with van der Waals surface area (Å²) in [6.45, 7) is 0. The smallest absolute Gasteiger partial charge is 0.418 e. The van der Waals surface area contributed by atoms with Crippen LogP contribution >= 0.6 is 0 Å². The van der Waals surface area contributed by atoms with Gasteiger partial charge < -0.3 is 9.84 Å². The van der Waals surface area contributed by atoms with E-state index in [0.29, 0.717) is 0 Å². The minimum atomic E-state index is -4.80. The van der Waals surface area contributed by atoms with E-state index in [1.807, 2.05) is 0 Å². The highest BCUT2D eigenvalue weighted by Crippen LogP contribution is 2.32. The number of hydrogen-bond acceptors (Lipinski definition) is 4. The number of alkyl halides is 3. The Morgan fingerprint density at radius 2 is 2.12 bits per heavy atom. The van der Waals surface area contributed by atoms with Gasteiger partial charge in [0.2, 0.25) is 0 Å². The summed E-state index contributed by atoms with van der Waals surface area (Å²) < 4.78 is 40.8. The van der Waals surface area contributed by atoms with Gasteiger partial charge in [-0.05, 0) is 6.07 Å². The lowest BCUT2D eigenvalue weighted by atomic mass is 10.1. The zero-order valence-corrected chi connectivity index (χ0v) is 8.15. The fraction of sp³-hybridized carbons (Fsp3) is 0.333. The molecule has 4 nitrogen and oxygen atoms in total. The number of carbonyl (C=O) groups is 1. The molecule has 0 fully saturated rings. The summed E-state index contributed by atoms with van der Waals surface area (Å²) in [5.41, 5.74) is -0.654. The minimum absolute atomic E-state index is 0.150. The quantitative estimate of drug-likeness (QED) is 0.788. The molecular formula is C9H8F3NO3. The second-order valence-electron chi connectivity index (χ2n) is 2.94. The molecule has 0 amide bonds. The third-order valence-electron chi connectivity index (χ3n) is 1.81. The molecule has 0 aliphatic carbocycles. The van der Waals surface area contributed by atoms with Crippen LogP contribution in [0.2, 0.25) is 0 Å². The van der Waals surface area contributed by atoms with Crippen LogP contribution in [0.15, 0.2) is 18.5 Å². The Hall–Kier alpha value is -1.63. The maximum atomic E-state index is 12.2. The molecule has 1 aromatic heterocycles. The summed E-state index contributed by atoms with van der Waals surface area (Å²) >= 11 is 0. The Labute approximate surface area is 88.7 Å². The number of ether oxygens (including phenoxy) is 1. The Kier molecular flexibility index (Phi) is 3.48. The molecular weight excluding hydrogens is 227 g/mol. The molecule has 1 atom stereocenters. The van der Waals surface area contributed by atoms with E-state index >= 15 is 0 Å². The number of esters is 1. The fourth-order valence-electron chi connectivity index (χ4n) is 1.03. The molecule has 0 spiro atoms. The highest BCUT2D eigenvalue weighted by atomic mass is 19.4. The van der Waals surface area contributed by atoms with Crippen molar-refractivity contribution >= 4 is 5.97 Å². The lowest BCUT2D eigenvalue weighted by molar-refractivity contribution is -0.206. The lowest BCUT2D eigenvalue weighted by Crippen LogP contribution is -2.20. The third-order valence-corrected chi connectivity index (χ3v) is 1.81. The summed E-state index contributed by atoms with van der Waals surface area (Å²) in [5.74, 6) is -0.816. The van der Waals surface area contributed by atoms with E-state index < -0.39 is 23.8 Å². The van der Waals surface area contributed by atoms with Crippen molar-refractivity contribution < 1.29 is 27.8 Å². The predicted octanol–water partition coefficient (Wildman–Crippen LogP) is 1.46. The van der Waals surface area contributed by atoms with Gasteiger partial charge in [-0.1, -0.05) is 0 Å². The molecule has 1 N–H and O–H groups in total. The molecule has 7 heteroatoms. The molecule has 16 heavy (non-hydrogen) atoms. The van der Waals surface area contributed by atoms with Crippen LogP contribution in [0.25, 0.3) is 0 Å². The van der Waals surface area contributed by atoms with Crippen LogP contribution < -0.4 is 0 Å². The number of rotatable bonds is 2. The number of aliphatic hydroxyl groups is 1. The average molecular weight is 235 g/mol. The summed E-state index contributed by atoms with van der Waals surface area (Å²) in [6, 6.07) is 0.886. The van der Waals surface area contributed by atoms with Crippen molar-refractivity contribution in [3.8, 4) is 0 Å². The highest BCUT2D eigenvalue weighted by molar-refractivity contribution is 5.89. The van der Waals surface area contributed by atoms with Gasteiger partial charge in [-0.3, -0.25) is 4.98 Å². The number of hydrogen-bond donors (Lipinski definition) is 1. The second kappa shape index (κ2) is 4.48. The summed E-state index contributed by atoms with van der Waals surface area (Å²) in [7, 11) is 1.09. The van der Waals surface area contributed by atoms with Crippen molar-refractivity contribution in [2.45, 2.75) is 12.3 Å². The monoisotopic (exact) mass is 235 g/mol. The molecule has 1 unspecified atom stereocenters. The Morgan fingerprint density at radius 1 is 1.50 bits per heavy atom. The number of halogens is 3. The van der Waals surface area contributed by atoms with Gasteiger partial charge in [-0.25, -0.2) is 4.79 Å². The third kappa shape index (κ3) is 2.69. The van der Waals surface area contributed by atoms with E-state index in [-0.39, 0.29) is 5.56 Å². The Bertz CT molecular complexity index is 392. The first-order valence-corrected chi connectivity index (χ1v) is 4.14. The molecule has 1 heterocycles. The number of nitrogens with zero attached hydrogens (tertiary/aromatic N) is 1. The van der Waals surface area contributed by atoms with Crippen LogP contribution in [-0.2, 0) is 4.74 Å². The van der Waals surface area contributed by atoms with Gasteiger partial charge in [0.05, 0.1) is 12.7 Å². The molecule has 0 saturated heterocycles. The van der Waals surface area contributed by atoms with Crippen LogP contribution in [-0.4, -0.2) is 29.3 Å². The molecule has 1 aromatic rings. The minimum Gasteiger partial charge on any atom is -0.465 e. The van der Waals surface area contributed by atoms with Crippen LogP contribution in [0, 0.1) is 0 Å². The van der Waals surface area contributed by atoms with Gasteiger partial charge in [-0.15, -0.1) is 0 Å². The van der Waals surface area contributed by atoms with E-state index in [1.165, 1.54) is 0 Å². The first-order valence-electron chi connectivity index (χ1n) is 4.14. The Balaban J connectivity index is 3.03. The van der Waals surface area contributed by atoms with Crippen LogP contribution in [0.5, 0.6) is 0 Å². The van der Waals surface area contributed by atoms with E-state index in [2.05, 4.69) is 9.72 Å². The van der Waals surface area contributed by atoms with Crippen LogP contribution in [0.1, 0.15) is 22.0 Å². The number of aliphatic hydroxyl groups excluding tert-OH is 1. The van der Waals surface area contributed by atoms with Gasteiger partial charge >= 0.3 is 12.1 Å². The van der Waals surface area contributed by atoms with Gasteiger partial charge in [-0.2, -0.15) is 13.2 Å². The number of aromatic nitrogens is 1. The van der Waals surface area contributed by atoms with Crippen LogP contribution in [0.3, 0.4) is 0 Å². The largest absolute Gasteiger partial charge is 0.465 e. The van der Waals surface area contributed by atoms with E-state index in [0.717, 1.165) is 25.6 Å². The molecule has 0 aromatic carbocycles. The first kappa shape index (κ1) is 12.4. The van der Waals surface area contributed by atoms with Gasteiger partial charge in [0.25, 0.3) is 0 Å². The molecule has 0 aliphatic rings. The van der Waals surface area contributed by atoms with E-state index in [1.54, 1.807) is 0 Å². The maximum Gasteiger partial charge on any atom is 0.418 e. The topological polar surface area (TPSA) is 59.4 Å². The predicted molar refractivity (Wildman–Crippen MR) is 46.6 cm³/mol. The normalized spacial score (nSPS) is 13.3. The molecule has 0 bridgehead atoms. The highest BCUT2D eigenvalue weighted by Gasteiger charge is 2.39. The lowest BCUT2D eigenvalue weighted by Gasteiger charge is -2.14. The van der Waals surface area contributed by atoms with Gasteiger partial charge in [0.15, 0.2) is 6.10 Å². The van der Waals surface area contributed by atoms with Gasteiger partial charge in [0, 0.05) is 18.0 Å². The van der Waals surface area contributed by atoms with Crippen molar-refractivity contribution in [1.29, 1.82) is 0 Å². The molecule has 1 rings (SSSR count). The zero-order chi connectivity index (χ0) is 12.3. The summed E-state index contributed by atoms with van der Waals surface area (Å²) in [5, 5.41) is 8.92. The zero-order valence-electron chi connectivity index (χ0n) is 8.15. The summed E-state index contributed by atoms with van der Waals surface area (Å²) in [6.07, 6.45) is -5.57. The Morgan fingerprint density at radius 3 is 2.62 bits per heavy atom. The molecule has 0 aliphatic heterocycles.